The van der Waals surface area contributed by atoms with Crippen LogP contribution in [0.5, 0.6) is 0 Å². The summed E-state index contributed by atoms with van der Waals surface area (Å²) in [5.41, 5.74) is -0.202. The fraction of sp³-hybridized carbons (Fsp3) is 0.250. The molecular formula is C16H14Cl2N4O4. The number of benzene rings is 1. The molecule has 0 aliphatic carbocycles. The zero-order valence-electron chi connectivity index (χ0n) is 13.9. The molecule has 0 aliphatic heterocycles. The predicted octanol–water partition coefficient (Wildman–Crippen LogP) is 1.48. The van der Waals surface area contributed by atoms with Crippen LogP contribution < -0.4 is 11.2 Å². The molecule has 0 bridgehead atoms. The van der Waals surface area contributed by atoms with Crippen molar-refractivity contribution in [3.63, 3.8) is 0 Å². The molecule has 0 unspecified atom stereocenters. The second-order valence-corrected chi connectivity index (χ2v) is 6.43. The minimum absolute atomic E-state index is 0.0968. The molecule has 3 rings (SSSR count). The van der Waals surface area contributed by atoms with Crippen LogP contribution in [0.25, 0.3) is 11.2 Å². The lowest BCUT2D eigenvalue weighted by Gasteiger charge is -2.09. The first-order chi connectivity index (χ1) is 12.3. The lowest BCUT2D eigenvalue weighted by atomic mass is 10.2. The number of fused-ring (bicyclic) bond motifs is 1. The Morgan fingerprint density at radius 3 is 2.46 bits per heavy atom. The monoisotopic (exact) mass is 396 g/mol. The first kappa shape index (κ1) is 18.2. The summed E-state index contributed by atoms with van der Waals surface area (Å²) in [6.07, 6.45) is 1.31. The summed E-state index contributed by atoms with van der Waals surface area (Å²) in [7, 11) is 2.86. The summed E-state index contributed by atoms with van der Waals surface area (Å²) in [5, 5.41) is 0.782. The van der Waals surface area contributed by atoms with Crippen LogP contribution in [0.2, 0.25) is 10.0 Å². The minimum Gasteiger partial charge on any atom is -0.459 e. The van der Waals surface area contributed by atoms with Crippen LogP contribution in [-0.2, 0) is 36.8 Å². The number of aromatic nitrogens is 4. The first-order valence-corrected chi connectivity index (χ1v) is 8.26. The Kier molecular flexibility index (Phi) is 4.88. The third-order valence-electron chi connectivity index (χ3n) is 3.96. The summed E-state index contributed by atoms with van der Waals surface area (Å²) < 4.78 is 8.74. The second-order valence-electron chi connectivity index (χ2n) is 5.61. The van der Waals surface area contributed by atoms with E-state index in [9.17, 15) is 14.4 Å². The van der Waals surface area contributed by atoms with Crippen LogP contribution in [0.1, 0.15) is 5.56 Å². The van der Waals surface area contributed by atoms with Crippen LogP contribution in [0, 0.1) is 0 Å². The lowest BCUT2D eigenvalue weighted by molar-refractivity contribution is -0.145. The average Bonchev–Trinajstić information content (AvgIpc) is 3.01. The van der Waals surface area contributed by atoms with E-state index in [1.165, 1.54) is 29.6 Å². The van der Waals surface area contributed by atoms with E-state index < -0.39 is 17.2 Å². The van der Waals surface area contributed by atoms with Crippen LogP contribution >= 0.6 is 23.2 Å². The quantitative estimate of drug-likeness (QED) is 0.623. The van der Waals surface area contributed by atoms with E-state index in [0.29, 0.717) is 15.6 Å². The molecule has 0 saturated heterocycles. The Bertz CT molecular complexity index is 1110. The largest absolute Gasteiger partial charge is 0.459 e. The van der Waals surface area contributed by atoms with Gasteiger partial charge in [0, 0.05) is 29.7 Å². The molecule has 0 saturated carbocycles. The molecule has 136 valence electrons. The topological polar surface area (TPSA) is 88.1 Å². The van der Waals surface area contributed by atoms with Gasteiger partial charge in [-0.1, -0.05) is 29.3 Å². The van der Waals surface area contributed by atoms with Crippen molar-refractivity contribution in [2.45, 2.75) is 13.2 Å². The predicted molar refractivity (Wildman–Crippen MR) is 96.5 cm³/mol. The fourth-order valence-electron chi connectivity index (χ4n) is 2.52. The molecule has 0 radical (unpaired) electrons. The van der Waals surface area contributed by atoms with E-state index >= 15 is 0 Å². The maximum Gasteiger partial charge on any atom is 0.332 e. The van der Waals surface area contributed by atoms with Gasteiger partial charge in [0.05, 0.1) is 6.33 Å². The summed E-state index contributed by atoms with van der Waals surface area (Å²) in [6.45, 7) is -0.341. The molecule has 2 aromatic heterocycles. The summed E-state index contributed by atoms with van der Waals surface area (Å²) in [5.74, 6) is -0.601. The fourth-order valence-corrected chi connectivity index (χ4v) is 3.03. The van der Waals surface area contributed by atoms with Crippen molar-refractivity contribution in [1.82, 2.24) is 18.7 Å². The number of aryl methyl sites for hydroxylation is 1. The number of hydrogen-bond acceptors (Lipinski definition) is 5. The van der Waals surface area contributed by atoms with Crippen molar-refractivity contribution in [2.24, 2.45) is 14.1 Å². The number of rotatable bonds is 4. The minimum atomic E-state index is -0.601. The highest BCUT2D eigenvalue weighted by molar-refractivity contribution is 6.35. The molecule has 0 aliphatic rings. The highest BCUT2D eigenvalue weighted by Crippen LogP contribution is 2.24. The van der Waals surface area contributed by atoms with Crippen LogP contribution in [0.4, 0.5) is 0 Å². The van der Waals surface area contributed by atoms with Gasteiger partial charge < -0.3 is 9.30 Å². The van der Waals surface area contributed by atoms with Gasteiger partial charge in [0.25, 0.3) is 5.56 Å². The number of carbonyl (C=O) groups is 1. The van der Waals surface area contributed by atoms with E-state index in [1.54, 1.807) is 18.2 Å². The maximum absolute atomic E-state index is 12.3. The maximum atomic E-state index is 12.3. The third-order valence-corrected chi connectivity index (χ3v) is 4.66. The highest BCUT2D eigenvalue weighted by Gasteiger charge is 2.17. The van der Waals surface area contributed by atoms with Crippen molar-refractivity contribution in [3.05, 3.63) is 61.0 Å². The van der Waals surface area contributed by atoms with E-state index in [0.717, 1.165) is 4.57 Å². The molecule has 0 atom stereocenters. The molecular weight excluding hydrogens is 383 g/mol. The molecule has 10 heteroatoms. The van der Waals surface area contributed by atoms with Gasteiger partial charge in [-0.3, -0.25) is 18.7 Å². The Morgan fingerprint density at radius 2 is 1.81 bits per heavy atom. The Hall–Kier alpha value is -2.58. The number of esters is 1. The van der Waals surface area contributed by atoms with Gasteiger partial charge in [-0.05, 0) is 12.1 Å². The van der Waals surface area contributed by atoms with Gasteiger partial charge in [-0.2, -0.15) is 0 Å². The van der Waals surface area contributed by atoms with E-state index in [-0.39, 0.29) is 24.3 Å². The molecule has 0 amide bonds. The van der Waals surface area contributed by atoms with E-state index in [2.05, 4.69) is 4.98 Å². The number of ether oxygens (including phenoxy) is 1. The van der Waals surface area contributed by atoms with Gasteiger partial charge in [0.2, 0.25) is 0 Å². The van der Waals surface area contributed by atoms with E-state index in [1.807, 2.05) is 0 Å². The lowest BCUT2D eigenvalue weighted by Crippen LogP contribution is -2.37. The van der Waals surface area contributed by atoms with Gasteiger partial charge in [-0.25, -0.2) is 9.78 Å². The van der Waals surface area contributed by atoms with Crippen molar-refractivity contribution in [3.8, 4) is 0 Å². The molecule has 3 aromatic rings. The van der Waals surface area contributed by atoms with Crippen molar-refractivity contribution < 1.29 is 9.53 Å². The number of imidazole rings is 1. The standard InChI is InChI=1S/C16H14Cl2N4O4/c1-20-14-13(15(24)21(2)16(20)25)22(8-19-14)6-12(23)26-7-9-10(17)4-3-5-11(9)18/h3-5,8H,6-7H2,1-2H3. The van der Waals surface area contributed by atoms with Crippen molar-refractivity contribution in [2.75, 3.05) is 0 Å². The molecule has 2 heterocycles. The molecule has 1 aromatic carbocycles. The molecule has 26 heavy (non-hydrogen) atoms. The van der Waals surface area contributed by atoms with Crippen LogP contribution in [0.15, 0.2) is 34.1 Å². The zero-order chi connectivity index (χ0) is 19.0. The molecule has 0 fully saturated rings. The molecule has 0 spiro atoms. The smallest absolute Gasteiger partial charge is 0.332 e. The van der Waals surface area contributed by atoms with Gasteiger partial charge in [-0.15, -0.1) is 0 Å². The summed E-state index contributed by atoms with van der Waals surface area (Å²) in [4.78, 5) is 40.5. The Balaban J connectivity index is 1.85. The number of halogens is 2. The van der Waals surface area contributed by atoms with Crippen LogP contribution in [0.3, 0.4) is 0 Å². The van der Waals surface area contributed by atoms with Gasteiger partial charge >= 0.3 is 11.7 Å². The number of hydrogen-bond donors (Lipinski definition) is 0. The van der Waals surface area contributed by atoms with Crippen LogP contribution in [-0.4, -0.2) is 24.7 Å². The van der Waals surface area contributed by atoms with Crippen molar-refractivity contribution >= 4 is 40.3 Å². The normalized spacial score (nSPS) is 11.1. The van der Waals surface area contributed by atoms with E-state index in [4.69, 9.17) is 27.9 Å². The van der Waals surface area contributed by atoms with Gasteiger partial charge in [0.15, 0.2) is 11.2 Å². The second kappa shape index (κ2) is 6.97. The Labute approximate surface area is 157 Å². The average molecular weight is 397 g/mol. The highest BCUT2D eigenvalue weighted by atomic mass is 35.5. The number of carbonyl (C=O) groups excluding carboxylic acids is 1. The summed E-state index contributed by atoms with van der Waals surface area (Å²) >= 11 is 12.1. The SMILES string of the molecule is Cn1c(=O)c2c(ncn2CC(=O)OCc2c(Cl)cccc2Cl)n(C)c1=O. The molecule has 8 nitrogen and oxygen atoms in total. The Morgan fingerprint density at radius 1 is 1.15 bits per heavy atom. The first-order valence-electron chi connectivity index (χ1n) is 7.50. The third kappa shape index (κ3) is 3.13. The van der Waals surface area contributed by atoms with Gasteiger partial charge in [0.1, 0.15) is 13.2 Å². The number of nitrogens with zero attached hydrogens (tertiary/aromatic N) is 4. The summed E-state index contributed by atoms with van der Waals surface area (Å²) in [6, 6.07) is 4.97. The molecule has 0 N–H and O–H groups in total. The zero-order valence-corrected chi connectivity index (χ0v) is 15.4. The van der Waals surface area contributed by atoms with Crippen molar-refractivity contribution in [1.29, 1.82) is 0 Å².